The predicted molar refractivity (Wildman–Crippen MR) is 126 cm³/mol. The molecule has 10 nitrogen and oxygen atoms in total. The first-order chi connectivity index (χ1) is 17.0. The van der Waals surface area contributed by atoms with E-state index in [0.29, 0.717) is 54.5 Å². The van der Waals surface area contributed by atoms with Crippen LogP contribution in [0.15, 0.2) is 36.8 Å². The monoisotopic (exact) mass is 500 g/mol. The first kappa shape index (κ1) is 24.1. The minimum Gasteiger partial charge on any atom is -0.384 e. The Morgan fingerprint density at radius 3 is 2.72 bits per heavy atom. The molecule has 4 heterocycles. The second-order valence-corrected chi connectivity index (χ2v) is 9.45. The molecule has 190 valence electrons. The number of fused-ring (bicyclic) bond motifs is 2. The Hall–Kier alpha value is -3.64. The fraction of sp³-hybridized carbons (Fsp3) is 0.417. The van der Waals surface area contributed by atoms with Gasteiger partial charge in [-0.15, -0.1) is 0 Å². The van der Waals surface area contributed by atoms with Gasteiger partial charge in [0, 0.05) is 37.6 Å². The summed E-state index contributed by atoms with van der Waals surface area (Å²) in [6.45, 7) is 3.06. The van der Waals surface area contributed by atoms with Crippen molar-refractivity contribution in [2.75, 3.05) is 43.1 Å². The van der Waals surface area contributed by atoms with Gasteiger partial charge < -0.3 is 25.0 Å². The van der Waals surface area contributed by atoms with Crippen LogP contribution in [0.5, 0.6) is 0 Å². The molecule has 0 aliphatic carbocycles. The highest BCUT2D eigenvalue weighted by Crippen LogP contribution is 2.37. The summed E-state index contributed by atoms with van der Waals surface area (Å²) in [5.74, 6) is -4.49. The van der Waals surface area contributed by atoms with Crippen LogP contribution < -0.4 is 10.2 Å². The molecule has 0 saturated carbocycles. The van der Waals surface area contributed by atoms with Crippen LogP contribution in [0.4, 0.5) is 20.2 Å². The molecule has 0 atom stereocenters. The molecule has 36 heavy (non-hydrogen) atoms. The highest BCUT2D eigenvalue weighted by Gasteiger charge is 2.48. The second kappa shape index (κ2) is 8.79. The number of hydrogen-bond acceptors (Lipinski definition) is 7. The number of rotatable bonds is 6. The number of ether oxygens (including phenoxy) is 1. The summed E-state index contributed by atoms with van der Waals surface area (Å²) in [5.41, 5.74) is 0.211. The molecule has 2 aliphatic heterocycles. The summed E-state index contributed by atoms with van der Waals surface area (Å²) in [6, 6.07) is 4.98. The van der Waals surface area contributed by atoms with Crippen LogP contribution in [0.3, 0.4) is 0 Å². The fourth-order valence-electron chi connectivity index (χ4n) is 4.31. The van der Waals surface area contributed by atoms with Crippen LogP contribution >= 0.6 is 0 Å². The highest BCUT2D eigenvalue weighted by atomic mass is 19.3. The van der Waals surface area contributed by atoms with Crippen LogP contribution in [0.1, 0.15) is 40.1 Å². The summed E-state index contributed by atoms with van der Waals surface area (Å²) >= 11 is 0. The number of carbonyl (C=O) groups is 2. The lowest BCUT2D eigenvalue weighted by molar-refractivity contribution is -0.168. The first-order valence-corrected chi connectivity index (χ1v) is 11.5. The summed E-state index contributed by atoms with van der Waals surface area (Å²) in [4.78, 5) is 33.5. The maximum Gasteiger partial charge on any atom is 0.292 e. The van der Waals surface area contributed by atoms with E-state index in [1.165, 1.54) is 10.7 Å². The van der Waals surface area contributed by atoms with E-state index in [-0.39, 0.29) is 12.1 Å². The second-order valence-electron chi connectivity index (χ2n) is 9.45. The molecule has 3 aromatic rings. The molecule has 2 N–H and O–H groups in total. The molecule has 12 heteroatoms. The first-order valence-electron chi connectivity index (χ1n) is 11.5. The molecule has 2 aliphatic rings. The van der Waals surface area contributed by atoms with Crippen molar-refractivity contribution in [3.8, 4) is 0 Å². The van der Waals surface area contributed by atoms with Crippen molar-refractivity contribution in [2.24, 2.45) is 0 Å². The third-order valence-corrected chi connectivity index (χ3v) is 6.51. The largest absolute Gasteiger partial charge is 0.384 e. The number of nitrogens with zero attached hydrogens (tertiary/aromatic N) is 5. The average Bonchev–Trinajstić information content (AvgIpc) is 3.39. The van der Waals surface area contributed by atoms with Crippen molar-refractivity contribution >= 4 is 28.8 Å². The van der Waals surface area contributed by atoms with E-state index >= 15 is 0 Å². The molecule has 1 saturated heterocycles. The fourth-order valence-corrected chi connectivity index (χ4v) is 4.31. The number of aliphatic hydroxyl groups is 1. The molecule has 0 spiro atoms. The van der Waals surface area contributed by atoms with Gasteiger partial charge in [-0.3, -0.25) is 9.59 Å². The Labute approximate surface area is 205 Å². The third kappa shape index (κ3) is 4.26. The minimum atomic E-state index is -3.51. The smallest absolute Gasteiger partial charge is 0.292 e. The number of benzene rings is 1. The van der Waals surface area contributed by atoms with Gasteiger partial charge in [0.25, 0.3) is 17.7 Å². The highest BCUT2D eigenvalue weighted by molar-refractivity contribution is 6.10. The Kier molecular flexibility index (Phi) is 5.87. The van der Waals surface area contributed by atoms with Gasteiger partial charge in [-0.2, -0.15) is 5.10 Å². The standard InChI is InChI=1S/C24H26F2N6O4/c1-23(2,35)24(25,26)14-31-13-15-10-18(19(11-16(15)22(31)34)30-6-8-36-9-7-30)29-21(33)17-12-28-32-5-3-4-27-20(17)32/h3-5,10-12,35H,6-9,13-14H2,1-2H3,(H,29,33). The molecule has 0 unspecified atom stereocenters. The topological polar surface area (TPSA) is 112 Å². The van der Waals surface area contributed by atoms with E-state index in [0.717, 1.165) is 18.7 Å². The summed E-state index contributed by atoms with van der Waals surface area (Å²) in [5, 5.41) is 16.9. The molecule has 2 aromatic heterocycles. The van der Waals surface area contributed by atoms with Gasteiger partial charge in [-0.1, -0.05) is 0 Å². The molecule has 5 rings (SSSR count). The maximum atomic E-state index is 14.5. The lowest BCUT2D eigenvalue weighted by Crippen LogP contribution is -2.50. The van der Waals surface area contributed by atoms with Crippen molar-refractivity contribution in [1.29, 1.82) is 0 Å². The Balaban J connectivity index is 1.48. The summed E-state index contributed by atoms with van der Waals surface area (Å²) in [6.07, 6.45) is 4.66. The van der Waals surface area contributed by atoms with Crippen molar-refractivity contribution in [2.45, 2.75) is 31.9 Å². The quantitative estimate of drug-likeness (QED) is 0.534. The lowest BCUT2D eigenvalue weighted by Gasteiger charge is -2.32. The van der Waals surface area contributed by atoms with Gasteiger partial charge in [0.1, 0.15) is 11.2 Å². The zero-order valence-corrected chi connectivity index (χ0v) is 19.9. The van der Waals surface area contributed by atoms with Crippen LogP contribution in [0.2, 0.25) is 0 Å². The van der Waals surface area contributed by atoms with Gasteiger partial charge in [-0.25, -0.2) is 18.3 Å². The maximum absolute atomic E-state index is 14.5. The van der Waals surface area contributed by atoms with Crippen molar-refractivity contribution < 1.29 is 28.2 Å². The number of halogens is 2. The van der Waals surface area contributed by atoms with Crippen molar-refractivity contribution in [3.05, 3.63) is 53.5 Å². The number of anilines is 2. The van der Waals surface area contributed by atoms with Crippen LogP contribution in [0.25, 0.3) is 5.65 Å². The predicted octanol–water partition coefficient (Wildman–Crippen LogP) is 2.18. The number of alkyl halides is 2. The summed E-state index contributed by atoms with van der Waals surface area (Å²) < 4.78 is 36.0. The zero-order chi connectivity index (χ0) is 25.7. The number of aromatic nitrogens is 3. The van der Waals surface area contributed by atoms with Gasteiger partial charge >= 0.3 is 0 Å². The molecule has 1 fully saturated rings. The van der Waals surface area contributed by atoms with Gasteiger partial charge in [0.05, 0.1) is 37.3 Å². The molecular weight excluding hydrogens is 474 g/mol. The van der Waals surface area contributed by atoms with Crippen LogP contribution in [-0.4, -0.2) is 80.8 Å². The van der Waals surface area contributed by atoms with Gasteiger partial charge in [0.15, 0.2) is 5.65 Å². The number of amides is 2. The van der Waals surface area contributed by atoms with Crippen molar-refractivity contribution in [3.63, 3.8) is 0 Å². The molecule has 1 aromatic carbocycles. The van der Waals surface area contributed by atoms with Crippen LogP contribution in [0, 0.1) is 0 Å². The third-order valence-electron chi connectivity index (χ3n) is 6.51. The number of carbonyl (C=O) groups excluding carboxylic acids is 2. The number of nitrogens with one attached hydrogen (secondary N) is 1. The Bertz CT molecular complexity index is 1330. The zero-order valence-electron chi connectivity index (χ0n) is 19.9. The average molecular weight is 501 g/mol. The molecular formula is C24H26F2N6O4. The number of hydrogen-bond donors (Lipinski definition) is 2. The Morgan fingerprint density at radius 2 is 2.00 bits per heavy atom. The molecule has 0 radical (unpaired) electrons. The molecule has 0 bridgehead atoms. The van der Waals surface area contributed by atoms with E-state index in [1.807, 2.05) is 4.90 Å². The minimum absolute atomic E-state index is 0.0651. The van der Waals surface area contributed by atoms with E-state index in [2.05, 4.69) is 15.4 Å². The number of morpholine rings is 1. The van der Waals surface area contributed by atoms with E-state index in [1.54, 1.807) is 30.6 Å². The van der Waals surface area contributed by atoms with E-state index in [4.69, 9.17) is 4.74 Å². The Morgan fingerprint density at radius 1 is 1.25 bits per heavy atom. The van der Waals surface area contributed by atoms with Gasteiger partial charge in [0.2, 0.25) is 0 Å². The summed E-state index contributed by atoms with van der Waals surface area (Å²) in [7, 11) is 0. The lowest BCUT2D eigenvalue weighted by atomic mass is 10.0. The van der Waals surface area contributed by atoms with E-state index in [9.17, 15) is 23.5 Å². The SMILES string of the molecule is CC(C)(O)C(F)(F)CN1Cc2cc(NC(=O)c3cnn4cccnc34)c(N3CCOCC3)cc2C1=O. The van der Waals surface area contributed by atoms with E-state index < -0.39 is 29.9 Å². The van der Waals surface area contributed by atoms with Crippen LogP contribution in [-0.2, 0) is 11.3 Å². The van der Waals surface area contributed by atoms with Crippen molar-refractivity contribution in [1.82, 2.24) is 19.5 Å². The van der Waals surface area contributed by atoms with Gasteiger partial charge in [-0.05, 0) is 37.6 Å². The molecule has 2 amide bonds. The normalized spacial score (nSPS) is 16.5.